The molecule has 0 fully saturated rings. The molecule has 1 N–H and O–H groups in total. The molecule has 0 heterocycles. The second-order valence-electron chi connectivity index (χ2n) is 3.62. The van der Waals surface area contributed by atoms with Crippen LogP contribution in [-0.2, 0) is 4.79 Å². The molecule has 98 valence electrons. The number of rotatable bonds is 6. The Balaban J connectivity index is 2.97. The highest BCUT2D eigenvalue weighted by atomic mass is 35.5. The summed E-state index contributed by atoms with van der Waals surface area (Å²) in [5.74, 6) is -1.12. The second-order valence-corrected chi connectivity index (χ2v) is 4.44. The summed E-state index contributed by atoms with van der Waals surface area (Å²) >= 11 is 11.8. The lowest BCUT2D eigenvalue weighted by atomic mass is 10.1. The lowest BCUT2D eigenvalue weighted by molar-refractivity contribution is -0.139. The van der Waals surface area contributed by atoms with E-state index in [2.05, 4.69) is 0 Å². The molecule has 0 saturated heterocycles. The van der Waals surface area contributed by atoms with E-state index in [1.54, 1.807) is 0 Å². The van der Waals surface area contributed by atoms with E-state index in [1.807, 2.05) is 6.92 Å². The van der Waals surface area contributed by atoms with Crippen LogP contribution in [0.15, 0.2) is 12.1 Å². The van der Waals surface area contributed by atoms with Gasteiger partial charge in [-0.15, -0.1) is 0 Å². The summed E-state index contributed by atoms with van der Waals surface area (Å²) in [6, 6.07) is 2.87. The van der Waals surface area contributed by atoms with Crippen molar-refractivity contribution in [3.63, 3.8) is 0 Å². The Kier molecular flexibility index (Phi) is 5.44. The zero-order chi connectivity index (χ0) is 13.7. The first-order valence-corrected chi connectivity index (χ1v) is 6.08. The number of carboxylic acids is 1. The molecule has 18 heavy (non-hydrogen) atoms. The molecule has 1 aromatic rings. The van der Waals surface area contributed by atoms with Crippen molar-refractivity contribution in [2.24, 2.45) is 0 Å². The summed E-state index contributed by atoms with van der Waals surface area (Å²) in [6.45, 7) is 1.35. The predicted octanol–water partition coefficient (Wildman–Crippen LogP) is 3.44. The molecule has 6 heteroatoms. The highest BCUT2D eigenvalue weighted by molar-refractivity contribution is 6.37. The van der Waals surface area contributed by atoms with Crippen molar-refractivity contribution in [3.05, 3.63) is 27.7 Å². The van der Waals surface area contributed by atoms with E-state index in [-0.39, 0.29) is 21.6 Å². The largest absolute Gasteiger partial charge is 0.479 e. The van der Waals surface area contributed by atoms with Crippen LogP contribution in [0.3, 0.4) is 0 Å². The first kappa shape index (κ1) is 14.8. The van der Waals surface area contributed by atoms with Gasteiger partial charge in [-0.3, -0.25) is 4.79 Å². The van der Waals surface area contributed by atoms with E-state index in [4.69, 9.17) is 33.0 Å². The van der Waals surface area contributed by atoms with Crippen LogP contribution in [0, 0.1) is 0 Å². The fourth-order valence-electron chi connectivity index (χ4n) is 1.36. The van der Waals surface area contributed by atoms with Crippen molar-refractivity contribution < 1.29 is 19.4 Å². The smallest absolute Gasteiger partial charge is 0.341 e. The molecule has 0 bridgehead atoms. The number of carbonyl (C=O) groups excluding carboxylic acids is 1. The SMILES string of the molecule is CCCC(=O)c1cc(Cl)c(OCC(=O)O)c(Cl)c1. The minimum atomic E-state index is -1.13. The van der Waals surface area contributed by atoms with Crippen LogP contribution >= 0.6 is 23.2 Å². The van der Waals surface area contributed by atoms with Gasteiger partial charge < -0.3 is 9.84 Å². The Hall–Kier alpha value is -1.26. The number of ketones is 1. The summed E-state index contributed by atoms with van der Waals surface area (Å²) in [5, 5.41) is 8.76. The van der Waals surface area contributed by atoms with Crippen LogP contribution in [0.25, 0.3) is 0 Å². The van der Waals surface area contributed by atoms with Crippen LogP contribution < -0.4 is 4.74 Å². The van der Waals surface area contributed by atoms with Gasteiger partial charge in [0.15, 0.2) is 18.1 Å². The third-order valence-corrected chi connectivity index (χ3v) is 2.70. The number of benzene rings is 1. The fraction of sp³-hybridized carbons (Fsp3) is 0.333. The second kappa shape index (κ2) is 6.61. The van der Waals surface area contributed by atoms with Crippen LogP contribution in [0.1, 0.15) is 30.1 Å². The van der Waals surface area contributed by atoms with Gasteiger partial charge in [0.1, 0.15) is 0 Å². The standard InChI is InChI=1S/C12H12Cl2O4/c1-2-3-10(15)7-4-8(13)12(9(14)5-7)18-6-11(16)17/h4-5H,2-3,6H2,1H3,(H,16,17). The van der Waals surface area contributed by atoms with Crippen molar-refractivity contribution in [2.45, 2.75) is 19.8 Å². The van der Waals surface area contributed by atoms with Crippen LogP contribution in [-0.4, -0.2) is 23.5 Å². The minimum Gasteiger partial charge on any atom is -0.479 e. The summed E-state index contributed by atoms with van der Waals surface area (Å²) < 4.78 is 4.95. The van der Waals surface area contributed by atoms with Gasteiger partial charge >= 0.3 is 5.97 Å². The number of carbonyl (C=O) groups is 2. The highest BCUT2D eigenvalue weighted by Crippen LogP contribution is 2.34. The van der Waals surface area contributed by atoms with E-state index in [0.717, 1.165) is 6.42 Å². The highest BCUT2D eigenvalue weighted by Gasteiger charge is 2.14. The van der Waals surface area contributed by atoms with Crippen molar-refractivity contribution in [1.29, 1.82) is 0 Å². The summed E-state index contributed by atoms with van der Waals surface area (Å²) in [7, 11) is 0. The molecule has 0 spiro atoms. The van der Waals surface area contributed by atoms with Crippen LogP contribution in [0.5, 0.6) is 5.75 Å². The first-order valence-electron chi connectivity index (χ1n) is 5.32. The van der Waals surface area contributed by atoms with Gasteiger partial charge in [0, 0.05) is 12.0 Å². The average Bonchev–Trinajstić information content (AvgIpc) is 2.27. The van der Waals surface area contributed by atoms with Gasteiger partial charge in [-0.2, -0.15) is 0 Å². The Labute approximate surface area is 114 Å². The number of hydrogen-bond donors (Lipinski definition) is 1. The Morgan fingerprint density at radius 1 is 1.28 bits per heavy atom. The van der Waals surface area contributed by atoms with Crippen molar-refractivity contribution in [1.82, 2.24) is 0 Å². The number of aliphatic carboxylic acids is 1. The summed E-state index contributed by atoms with van der Waals surface area (Å²) in [5.41, 5.74) is 0.398. The molecular formula is C12H12Cl2O4. The van der Waals surface area contributed by atoms with Gasteiger partial charge in [-0.05, 0) is 18.6 Å². The van der Waals surface area contributed by atoms with Crippen molar-refractivity contribution in [3.8, 4) is 5.75 Å². The summed E-state index contributed by atoms with van der Waals surface area (Å²) in [6.07, 6.45) is 1.13. The minimum absolute atomic E-state index is 0.0638. The Morgan fingerprint density at radius 2 is 1.83 bits per heavy atom. The maximum absolute atomic E-state index is 11.7. The lowest BCUT2D eigenvalue weighted by Crippen LogP contribution is -2.10. The number of halogens is 2. The molecule has 0 amide bonds. The molecule has 4 nitrogen and oxygen atoms in total. The van der Waals surface area contributed by atoms with Gasteiger partial charge in [-0.25, -0.2) is 4.79 Å². The number of carboxylic acid groups (broad SMARTS) is 1. The normalized spacial score (nSPS) is 10.2. The van der Waals surface area contributed by atoms with Gasteiger partial charge in [0.2, 0.25) is 0 Å². The molecule has 0 aliphatic carbocycles. The molecule has 0 aliphatic heterocycles. The number of hydrogen-bond acceptors (Lipinski definition) is 3. The maximum atomic E-state index is 11.7. The van der Waals surface area contributed by atoms with E-state index < -0.39 is 12.6 Å². The number of Topliss-reactive ketones (excluding diaryl/α,β-unsaturated/α-hetero) is 1. The van der Waals surface area contributed by atoms with E-state index in [9.17, 15) is 9.59 Å². The third-order valence-electron chi connectivity index (χ3n) is 2.14. The predicted molar refractivity (Wildman–Crippen MR) is 68.8 cm³/mol. The molecule has 0 aromatic heterocycles. The van der Waals surface area contributed by atoms with E-state index in [1.165, 1.54) is 12.1 Å². The number of ether oxygens (including phenoxy) is 1. The monoisotopic (exact) mass is 290 g/mol. The lowest BCUT2D eigenvalue weighted by Gasteiger charge is -2.09. The third kappa shape index (κ3) is 3.89. The van der Waals surface area contributed by atoms with Gasteiger partial charge in [-0.1, -0.05) is 30.1 Å². The fourth-order valence-corrected chi connectivity index (χ4v) is 1.96. The molecular weight excluding hydrogens is 279 g/mol. The molecule has 0 unspecified atom stereocenters. The average molecular weight is 291 g/mol. The van der Waals surface area contributed by atoms with Crippen molar-refractivity contribution >= 4 is 35.0 Å². The maximum Gasteiger partial charge on any atom is 0.341 e. The van der Waals surface area contributed by atoms with Gasteiger partial charge in [0.25, 0.3) is 0 Å². The topological polar surface area (TPSA) is 63.6 Å². The molecule has 0 atom stereocenters. The van der Waals surface area contributed by atoms with Crippen LogP contribution in [0.2, 0.25) is 10.0 Å². The zero-order valence-electron chi connectivity index (χ0n) is 9.70. The summed E-state index contributed by atoms with van der Waals surface area (Å²) in [4.78, 5) is 22.1. The quantitative estimate of drug-likeness (QED) is 0.815. The zero-order valence-corrected chi connectivity index (χ0v) is 11.2. The van der Waals surface area contributed by atoms with Crippen LogP contribution in [0.4, 0.5) is 0 Å². The molecule has 0 aliphatic rings. The molecule has 0 saturated carbocycles. The van der Waals surface area contributed by atoms with Crippen molar-refractivity contribution in [2.75, 3.05) is 6.61 Å². The first-order chi connectivity index (χ1) is 8.45. The van der Waals surface area contributed by atoms with E-state index in [0.29, 0.717) is 12.0 Å². The van der Waals surface area contributed by atoms with Gasteiger partial charge in [0.05, 0.1) is 10.0 Å². The molecule has 1 aromatic carbocycles. The Bertz CT molecular complexity index is 448. The molecule has 0 radical (unpaired) electrons. The van der Waals surface area contributed by atoms with E-state index >= 15 is 0 Å². The molecule has 1 rings (SSSR count). The Morgan fingerprint density at radius 3 is 2.28 bits per heavy atom.